The highest BCUT2D eigenvalue weighted by atomic mass is 19.3. The van der Waals surface area contributed by atoms with E-state index in [1.54, 1.807) is 12.1 Å². The molecule has 1 aliphatic rings. The largest absolute Gasteiger partial charge is 0.434 e. The van der Waals surface area contributed by atoms with E-state index in [9.17, 15) is 13.6 Å². The molecule has 0 saturated carbocycles. The molecule has 0 aromatic heterocycles. The zero-order valence-corrected chi connectivity index (χ0v) is 14.1. The monoisotopic (exact) mass is 341 g/mol. The molecule has 1 aliphatic heterocycles. The summed E-state index contributed by atoms with van der Waals surface area (Å²) in [5.41, 5.74) is 0.128. The Morgan fingerprint density at radius 3 is 2.71 bits per heavy atom. The maximum atomic E-state index is 12.5. The van der Waals surface area contributed by atoms with Crippen molar-refractivity contribution in [3.05, 3.63) is 29.8 Å². The number of carbonyl (C=O) groups is 1. The molecule has 0 radical (unpaired) electrons. The molecule has 1 aromatic rings. The highest BCUT2D eigenvalue weighted by Crippen LogP contribution is 2.26. The molecular formula is C18H25F2NO3. The van der Waals surface area contributed by atoms with E-state index in [1.807, 2.05) is 0 Å². The minimum Gasteiger partial charge on any atom is -0.434 e. The van der Waals surface area contributed by atoms with Gasteiger partial charge in [0.15, 0.2) is 0 Å². The van der Waals surface area contributed by atoms with Crippen molar-refractivity contribution in [2.45, 2.75) is 58.3 Å². The Morgan fingerprint density at radius 2 is 2.04 bits per heavy atom. The standard InChI is InChI=1S/C18H25F2NO3/c1-3-12(4-2)16-11-13(9-10-23-16)21-17(22)14-7-5-6-8-15(14)24-18(19)20/h5-8,12-13,16,18H,3-4,9-11H2,1-2H3,(H,21,22)/t13-,16+/m0/s1. The van der Waals surface area contributed by atoms with Crippen LogP contribution in [0.1, 0.15) is 49.9 Å². The number of para-hydroxylation sites is 1. The molecule has 6 heteroatoms. The predicted octanol–water partition coefficient (Wildman–Crippen LogP) is 4.00. The van der Waals surface area contributed by atoms with Gasteiger partial charge in [-0.25, -0.2) is 0 Å². The fourth-order valence-corrected chi connectivity index (χ4v) is 3.22. The van der Waals surface area contributed by atoms with E-state index in [1.165, 1.54) is 12.1 Å². The fraction of sp³-hybridized carbons (Fsp3) is 0.611. The lowest BCUT2D eigenvalue weighted by molar-refractivity contribution is -0.0502. The Morgan fingerprint density at radius 1 is 1.33 bits per heavy atom. The number of carbonyl (C=O) groups excluding carboxylic acids is 1. The van der Waals surface area contributed by atoms with Crippen LogP contribution in [0.4, 0.5) is 8.78 Å². The first-order valence-corrected chi connectivity index (χ1v) is 8.51. The van der Waals surface area contributed by atoms with Gasteiger partial charge in [0.25, 0.3) is 5.91 Å². The first-order valence-electron chi connectivity index (χ1n) is 8.51. The molecule has 1 saturated heterocycles. The van der Waals surface area contributed by atoms with Gasteiger partial charge in [0.05, 0.1) is 11.7 Å². The van der Waals surface area contributed by atoms with Gasteiger partial charge >= 0.3 is 6.61 Å². The molecule has 134 valence electrons. The minimum atomic E-state index is -2.96. The Balaban J connectivity index is 2.02. The summed E-state index contributed by atoms with van der Waals surface area (Å²) in [7, 11) is 0. The van der Waals surface area contributed by atoms with E-state index in [2.05, 4.69) is 23.9 Å². The van der Waals surface area contributed by atoms with Crippen LogP contribution in [0.15, 0.2) is 24.3 Å². The van der Waals surface area contributed by atoms with Crippen molar-refractivity contribution in [1.29, 1.82) is 0 Å². The van der Waals surface area contributed by atoms with Gasteiger partial charge in [-0.15, -0.1) is 0 Å². The first-order chi connectivity index (χ1) is 11.5. The summed E-state index contributed by atoms with van der Waals surface area (Å²) in [5.74, 6) is -0.0193. The van der Waals surface area contributed by atoms with E-state index >= 15 is 0 Å². The number of hydrogen-bond acceptors (Lipinski definition) is 3. The van der Waals surface area contributed by atoms with Gasteiger partial charge in [-0.1, -0.05) is 38.8 Å². The Bertz CT molecular complexity index is 535. The van der Waals surface area contributed by atoms with Crippen molar-refractivity contribution in [3.8, 4) is 5.75 Å². The normalized spacial score (nSPS) is 21.1. The average molecular weight is 341 g/mol. The lowest BCUT2D eigenvalue weighted by Gasteiger charge is -2.34. The second-order valence-corrected chi connectivity index (χ2v) is 6.06. The number of amides is 1. The summed E-state index contributed by atoms with van der Waals surface area (Å²) >= 11 is 0. The van der Waals surface area contributed by atoms with Gasteiger partial charge in [-0.05, 0) is 30.9 Å². The van der Waals surface area contributed by atoms with Crippen LogP contribution in [0.2, 0.25) is 0 Å². The van der Waals surface area contributed by atoms with Crippen LogP contribution in [0.5, 0.6) is 5.75 Å². The Hall–Kier alpha value is -1.69. The molecule has 1 fully saturated rings. The van der Waals surface area contributed by atoms with E-state index in [-0.39, 0.29) is 29.4 Å². The molecule has 2 atom stereocenters. The zero-order valence-electron chi connectivity index (χ0n) is 14.1. The summed E-state index contributed by atoms with van der Waals surface area (Å²) in [5, 5.41) is 2.94. The number of alkyl halides is 2. The van der Waals surface area contributed by atoms with Gasteiger partial charge in [0, 0.05) is 12.6 Å². The SMILES string of the molecule is CCC(CC)[C@H]1C[C@@H](NC(=O)c2ccccc2OC(F)F)CCO1. The molecule has 24 heavy (non-hydrogen) atoms. The molecule has 0 spiro atoms. The quantitative estimate of drug-likeness (QED) is 0.815. The van der Waals surface area contributed by atoms with Crippen molar-refractivity contribution in [3.63, 3.8) is 0 Å². The first kappa shape index (κ1) is 18.6. The van der Waals surface area contributed by atoms with E-state index in [4.69, 9.17) is 4.74 Å². The number of ether oxygens (including phenoxy) is 2. The molecule has 1 amide bonds. The molecule has 1 heterocycles. The van der Waals surface area contributed by atoms with Gasteiger partial charge in [0.2, 0.25) is 0 Å². The summed E-state index contributed by atoms with van der Waals surface area (Å²) in [6.07, 6.45) is 3.67. The smallest absolute Gasteiger partial charge is 0.387 e. The molecule has 1 aromatic carbocycles. The third-order valence-corrected chi connectivity index (χ3v) is 4.57. The molecule has 1 N–H and O–H groups in total. The topological polar surface area (TPSA) is 47.6 Å². The van der Waals surface area contributed by atoms with Crippen LogP contribution in [0.25, 0.3) is 0 Å². The Labute approximate surface area is 141 Å². The van der Waals surface area contributed by atoms with Crippen LogP contribution in [0.3, 0.4) is 0 Å². The number of benzene rings is 1. The second-order valence-electron chi connectivity index (χ2n) is 6.06. The predicted molar refractivity (Wildman–Crippen MR) is 87.4 cm³/mol. The third-order valence-electron chi connectivity index (χ3n) is 4.57. The molecular weight excluding hydrogens is 316 g/mol. The number of halogens is 2. The molecule has 0 bridgehead atoms. The maximum absolute atomic E-state index is 12.5. The van der Waals surface area contributed by atoms with Gasteiger partial charge in [-0.2, -0.15) is 8.78 Å². The highest BCUT2D eigenvalue weighted by molar-refractivity contribution is 5.97. The Kier molecular flexibility index (Phi) is 6.97. The van der Waals surface area contributed by atoms with Crippen LogP contribution in [-0.2, 0) is 4.74 Å². The average Bonchev–Trinajstić information content (AvgIpc) is 2.56. The van der Waals surface area contributed by atoms with Crippen molar-refractivity contribution in [2.75, 3.05) is 6.61 Å². The number of nitrogens with one attached hydrogen (secondary N) is 1. The van der Waals surface area contributed by atoms with Crippen LogP contribution < -0.4 is 10.1 Å². The van der Waals surface area contributed by atoms with E-state index in [0.29, 0.717) is 12.5 Å². The summed E-state index contributed by atoms with van der Waals surface area (Å²) in [6.45, 7) is 1.91. The summed E-state index contributed by atoms with van der Waals surface area (Å²) in [6, 6.07) is 6.04. The molecule has 0 unspecified atom stereocenters. The van der Waals surface area contributed by atoms with E-state index < -0.39 is 6.61 Å². The van der Waals surface area contributed by atoms with Gasteiger partial charge in [0.1, 0.15) is 5.75 Å². The minimum absolute atomic E-state index is 0.0172. The lowest BCUT2D eigenvalue weighted by atomic mass is 9.89. The van der Waals surface area contributed by atoms with Gasteiger partial charge < -0.3 is 14.8 Å². The zero-order chi connectivity index (χ0) is 17.5. The lowest BCUT2D eigenvalue weighted by Crippen LogP contribution is -2.44. The molecule has 0 aliphatic carbocycles. The number of rotatable bonds is 7. The van der Waals surface area contributed by atoms with Crippen LogP contribution in [-0.4, -0.2) is 31.3 Å². The summed E-state index contributed by atoms with van der Waals surface area (Å²) < 4.78 is 35.2. The second kappa shape index (κ2) is 8.97. The van der Waals surface area contributed by atoms with Crippen molar-refractivity contribution < 1.29 is 23.0 Å². The molecule has 2 rings (SSSR count). The fourth-order valence-electron chi connectivity index (χ4n) is 3.22. The summed E-state index contributed by atoms with van der Waals surface area (Å²) in [4.78, 5) is 12.5. The van der Waals surface area contributed by atoms with Crippen LogP contribution in [0, 0.1) is 5.92 Å². The third kappa shape index (κ3) is 4.90. The highest BCUT2D eigenvalue weighted by Gasteiger charge is 2.29. The molecule has 4 nitrogen and oxygen atoms in total. The van der Waals surface area contributed by atoms with Gasteiger partial charge in [-0.3, -0.25) is 4.79 Å². The van der Waals surface area contributed by atoms with Crippen molar-refractivity contribution in [1.82, 2.24) is 5.32 Å². The van der Waals surface area contributed by atoms with Crippen molar-refractivity contribution >= 4 is 5.91 Å². The van der Waals surface area contributed by atoms with E-state index in [0.717, 1.165) is 25.7 Å². The maximum Gasteiger partial charge on any atom is 0.387 e. The van der Waals surface area contributed by atoms with Crippen molar-refractivity contribution in [2.24, 2.45) is 5.92 Å². The number of hydrogen-bond donors (Lipinski definition) is 1. The van der Waals surface area contributed by atoms with Crippen LogP contribution >= 0.6 is 0 Å².